The van der Waals surface area contributed by atoms with Crippen molar-refractivity contribution in [2.24, 2.45) is 0 Å². The van der Waals surface area contributed by atoms with Crippen molar-refractivity contribution >= 4 is 35.0 Å². The van der Waals surface area contributed by atoms with Crippen molar-refractivity contribution in [1.82, 2.24) is 0 Å². The molecule has 0 aromatic rings. The molecule has 0 unspecified atom stereocenters. The van der Waals surface area contributed by atoms with Crippen molar-refractivity contribution in [3.63, 3.8) is 0 Å². The minimum atomic E-state index is -0.241. The molecule has 4 heteroatoms. The van der Waals surface area contributed by atoms with Crippen molar-refractivity contribution < 1.29 is 9.53 Å². The summed E-state index contributed by atoms with van der Waals surface area (Å²) >= 11 is 8.23. The maximum atomic E-state index is 9.91. The van der Waals surface area contributed by atoms with E-state index in [2.05, 4.69) is 32.4 Å². The molecule has 0 saturated carbocycles. The Labute approximate surface area is 102 Å². The van der Waals surface area contributed by atoms with Gasteiger partial charge in [-0.3, -0.25) is 4.79 Å². The molecule has 0 rings (SSSR count). The van der Waals surface area contributed by atoms with Crippen LogP contribution in [0.5, 0.6) is 0 Å². The summed E-state index contributed by atoms with van der Waals surface area (Å²) in [6.07, 6.45) is 1.65. The highest BCUT2D eigenvalue weighted by atomic mass is 32.1. The van der Waals surface area contributed by atoms with E-state index in [0.717, 1.165) is 5.57 Å². The molecule has 0 spiro atoms. The van der Waals surface area contributed by atoms with Gasteiger partial charge in [0.2, 0.25) is 5.12 Å². The summed E-state index contributed by atoms with van der Waals surface area (Å²) in [4.78, 5) is 9.91. The molecule has 2 nitrogen and oxygen atoms in total. The van der Waals surface area contributed by atoms with Crippen molar-refractivity contribution in [2.75, 3.05) is 6.61 Å². The van der Waals surface area contributed by atoms with Gasteiger partial charge in [0.1, 0.15) is 6.61 Å². The van der Waals surface area contributed by atoms with Gasteiger partial charge in [0.05, 0.1) is 0 Å². The largest absolute Gasteiger partial charge is 0.479 e. The maximum Gasteiger partial charge on any atom is 0.211 e. The third-order valence-electron chi connectivity index (χ3n) is 1.05. The van der Waals surface area contributed by atoms with Crippen LogP contribution in [-0.4, -0.2) is 16.8 Å². The average Bonchev–Trinajstić information content (AvgIpc) is 2.14. The van der Waals surface area contributed by atoms with Crippen LogP contribution in [0.25, 0.3) is 0 Å². The summed E-state index contributed by atoms with van der Waals surface area (Å²) in [5, 5.41) is 0.227. The van der Waals surface area contributed by atoms with Crippen LogP contribution in [0, 0.1) is 0 Å². The molecule has 0 bridgehead atoms. The van der Waals surface area contributed by atoms with E-state index in [4.69, 9.17) is 17.0 Å². The highest BCUT2D eigenvalue weighted by Gasteiger charge is 1.93. The summed E-state index contributed by atoms with van der Waals surface area (Å²) in [5.41, 5.74) is 1.27. The predicted molar refractivity (Wildman–Crippen MR) is 72.4 cm³/mol. The zero-order valence-electron chi connectivity index (χ0n) is 9.08. The topological polar surface area (TPSA) is 26.3 Å². The number of thiocarbonyl (C=S) groups is 1. The van der Waals surface area contributed by atoms with E-state index >= 15 is 0 Å². The Hall–Kier alpha value is -0.870. The van der Waals surface area contributed by atoms with Crippen LogP contribution in [-0.2, 0) is 9.53 Å². The molecular weight excluding hydrogens is 228 g/mol. The van der Waals surface area contributed by atoms with E-state index in [9.17, 15) is 4.79 Å². The van der Waals surface area contributed by atoms with E-state index in [0.29, 0.717) is 17.2 Å². The Morgan fingerprint density at radius 1 is 1.40 bits per heavy atom. The number of ether oxygens (including phenoxy) is 1. The second kappa shape index (κ2) is 9.68. The van der Waals surface area contributed by atoms with Crippen LogP contribution in [0.2, 0.25) is 0 Å². The number of thiol groups is 1. The Morgan fingerprint density at radius 3 is 2.00 bits per heavy atom. The van der Waals surface area contributed by atoms with Crippen molar-refractivity contribution in [3.05, 3.63) is 37.0 Å². The molecule has 0 aliphatic rings. The molecule has 84 valence electrons. The number of carbonyl (C=O) groups is 1. The Balaban J connectivity index is 0. The lowest BCUT2D eigenvalue weighted by molar-refractivity contribution is -0.107. The molecular formula is C11H16O2S2. The molecule has 0 aromatic carbocycles. The Bertz CT molecular complexity index is 268. The fraction of sp³-hybridized carbons (Fsp3) is 0.273. The first kappa shape index (κ1) is 16.6. The third-order valence-corrected chi connectivity index (χ3v) is 1.89. The summed E-state index contributed by atoms with van der Waals surface area (Å²) < 4.78 is 4.97. The highest BCUT2D eigenvalue weighted by molar-refractivity contribution is 7.97. The molecule has 0 aliphatic carbocycles. The first-order valence-electron chi connectivity index (χ1n) is 4.15. The van der Waals surface area contributed by atoms with Crippen molar-refractivity contribution in [2.45, 2.75) is 13.8 Å². The lowest BCUT2D eigenvalue weighted by Gasteiger charge is -2.01. The van der Waals surface area contributed by atoms with Gasteiger partial charge in [0.15, 0.2) is 5.05 Å². The minimum absolute atomic E-state index is 0.241. The second-order valence-electron chi connectivity index (χ2n) is 2.75. The average molecular weight is 244 g/mol. The van der Waals surface area contributed by atoms with Gasteiger partial charge < -0.3 is 4.74 Å². The van der Waals surface area contributed by atoms with E-state index < -0.39 is 0 Å². The summed E-state index contributed by atoms with van der Waals surface area (Å²) in [6.45, 7) is 14.3. The Kier molecular flexibility index (Phi) is 10.7. The van der Waals surface area contributed by atoms with Gasteiger partial charge in [0.25, 0.3) is 0 Å². The summed E-state index contributed by atoms with van der Waals surface area (Å²) in [5.74, 6) is 0. The van der Waals surface area contributed by atoms with Gasteiger partial charge in [-0.05, 0) is 37.2 Å². The molecule has 0 fully saturated rings. The van der Waals surface area contributed by atoms with Crippen LogP contribution >= 0.6 is 24.8 Å². The lowest BCUT2D eigenvalue weighted by Crippen LogP contribution is -2.01. The fourth-order valence-corrected chi connectivity index (χ4v) is 0.326. The predicted octanol–water partition coefficient (Wildman–Crippen LogP) is 3.11. The molecule has 0 amide bonds. The number of rotatable bonds is 4. The molecule has 15 heavy (non-hydrogen) atoms. The lowest BCUT2D eigenvalue weighted by atomic mass is 10.4. The third kappa shape index (κ3) is 13.1. The Morgan fingerprint density at radius 2 is 1.80 bits per heavy atom. The quantitative estimate of drug-likeness (QED) is 0.356. The highest BCUT2D eigenvalue weighted by Crippen LogP contribution is 1.94. The van der Waals surface area contributed by atoms with Crippen LogP contribution < -0.4 is 0 Å². The molecule has 0 aromatic heterocycles. The molecule has 0 radical (unpaired) electrons. The summed E-state index contributed by atoms with van der Waals surface area (Å²) in [7, 11) is 0. The standard InChI is InChI=1S/C7H10OS.C4H6OS/c1-4-5-8-7(9)6(2)3;1-3(2)4(5)6/h4H,1-2,5H2,3H3;1H2,2H3,(H,5,6). The fourth-order valence-electron chi connectivity index (χ4n) is 0.258. The number of hydrogen-bond acceptors (Lipinski definition) is 3. The zero-order chi connectivity index (χ0) is 12.4. The molecule has 0 aliphatic heterocycles. The van der Waals surface area contributed by atoms with Crippen molar-refractivity contribution in [3.8, 4) is 0 Å². The first-order valence-corrected chi connectivity index (χ1v) is 5.00. The van der Waals surface area contributed by atoms with E-state index in [1.807, 2.05) is 6.92 Å². The molecule has 0 atom stereocenters. The summed E-state index contributed by atoms with van der Waals surface area (Å²) in [6, 6.07) is 0. The minimum Gasteiger partial charge on any atom is -0.479 e. The SMILES string of the molecule is C=C(C)C(=O)S.C=CCOC(=S)C(=C)C. The van der Waals surface area contributed by atoms with Gasteiger partial charge >= 0.3 is 0 Å². The van der Waals surface area contributed by atoms with Gasteiger partial charge in [-0.15, -0.1) is 12.6 Å². The molecule has 0 heterocycles. The monoisotopic (exact) mass is 244 g/mol. The van der Waals surface area contributed by atoms with Crippen LogP contribution in [0.4, 0.5) is 0 Å². The van der Waals surface area contributed by atoms with Crippen LogP contribution in [0.15, 0.2) is 37.0 Å². The number of carbonyl (C=O) groups excluding carboxylic acids is 1. The molecule has 0 N–H and O–H groups in total. The van der Waals surface area contributed by atoms with Crippen LogP contribution in [0.3, 0.4) is 0 Å². The second-order valence-corrected chi connectivity index (χ2v) is 3.53. The first-order chi connectivity index (χ1) is 6.82. The van der Waals surface area contributed by atoms with Gasteiger partial charge in [-0.25, -0.2) is 0 Å². The van der Waals surface area contributed by atoms with Gasteiger partial charge in [-0.1, -0.05) is 25.8 Å². The normalized spacial score (nSPS) is 7.93. The van der Waals surface area contributed by atoms with Crippen molar-refractivity contribution in [1.29, 1.82) is 0 Å². The maximum absolute atomic E-state index is 9.91. The van der Waals surface area contributed by atoms with E-state index in [1.54, 1.807) is 13.0 Å². The zero-order valence-corrected chi connectivity index (χ0v) is 10.8. The smallest absolute Gasteiger partial charge is 0.211 e. The van der Waals surface area contributed by atoms with E-state index in [-0.39, 0.29) is 5.12 Å². The van der Waals surface area contributed by atoms with Crippen LogP contribution in [0.1, 0.15) is 13.8 Å². The van der Waals surface area contributed by atoms with E-state index in [1.165, 1.54) is 0 Å². The molecule has 0 saturated heterocycles. The van der Waals surface area contributed by atoms with Gasteiger partial charge in [-0.2, -0.15) is 0 Å². The number of hydrogen-bond donors (Lipinski definition) is 1. The van der Waals surface area contributed by atoms with Gasteiger partial charge in [0, 0.05) is 0 Å².